The third-order valence-corrected chi connectivity index (χ3v) is 3.29. The van der Waals surface area contributed by atoms with Crippen molar-refractivity contribution in [3.05, 3.63) is 68.6 Å². The number of pyridine rings is 1. The van der Waals surface area contributed by atoms with Crippen molar-refractivity contribution in [2.75, 3.05) is 0 Å². The molecule has 2 aromatic rings. The molecule has 0 bridgehead atoms. The van der Waals surface area contributed by atoms with Crippen LogP contribution in [0.25, 0.3) is 0 Å². The van der Waals surface area contributed by atoms with Crippen LogP contribution in [0.3, 0.4) is 0 Å². The molecule has 1 N–H and O–H groups in total. The smallest absolute Gasteiger partial charge is 0.250 e. The van der Waals surface area contributed by atoms with E-state index in [0.29, 0.717) is 10.0 Å². The minimum absolute atomic E-state index is 0.0229. The third kappa shape index (κ3) is 3.85. The maximum atomic E-state index is 11.8. The molecule has 0 aliphatic rings. The molecule has 0 fully saturated rings. The Morgan fingerprint density at radius 1 is 1.20 bits per heavy atom. The Morgan fingerprint density at radius 3 is 2.70 bits per heavy atom. The monoisotopic (exact) mass is 310 g/mol. The van der Waals surface area contributed by atoms with E-state index in [9.17, 15) is 9.59 Å². The van der Waals surface area contributed by atoms with Gasteiger partial charge in [-0.25, -0.2) is 0 Å². The van der Waals surface area contributed by atoms with Crippen LogP contribution in [0.4, 0.5) is 0 Å². The molecule has 0 unspecified atom stereocenters. The Labute approximate surface area is 125 Å². The maximum absolute atomic E-state index is 11.8. The van der Waals surface area contributed by atoms with Crippen LogP contribution in [0.5, 0.6) is 0 Å². The van der Waals surface area contributed by atoms with E-state index in [0.717, 1.165) is 5.56 Å². The van der Waals surface area contributed by atoms with Crippen molar-refractivity contribution in [3.8, 4) is 0 Å². The number of carbonyl (C=O) groups is 1. The summed E-state index contributed by atoms with van der Waals surface area (Å²) in [5, 5.41) is 3.75. The average Bonchev–Trinajstić information content (AvgIpc) is 2.40. The third-order valence-electron chi connectivity index (χ3n) is 2.70. The van der Waals surface area contributed by atoms with Crippen LogP contribution in [0.15, 0.2) is 47.4 Å². The molecule has 1 amide bonds. The summed E-state index contributed by atoms with van der Waals surface area (Å²) in [7, 11) is 0. The first-order chi connectivity index (χ1) is 9.56. The molecule has 6 heteroatoms. The lowest BCUT2D eigenvalue weighted by Gasteiger charge is -2.08. The number of carbonyl (C=O) groups excluding carboxylic acids is 1. The van der Waals surface area contributed by atoms with Crippen molar-refractivity contribution < 1.29 is 4.79 Å². The highest BCUT2D eigenvalue weighted by molar-refractivity contribution is 6.35. The van der Waals surface area contributed by atoms with Crippen LogP contribution in [0.1, 0.15) is 5.56 Å². The lowest BCUT2D eigenvalue weighted by atomic mass is 10.2. The van der Waals surface area contributed by atoms with Crippen molar-refractivity contribution in [1.29, 1.82) is 0 Å². The molecule has 0 aliphatic carbocycles. The topological polar surface area (TPSA) is 51.1 Å². The maximum Gasteiger partial charge on any atom is 0.250 e. The highest BCUT2D eigenvalue weighted by Gasteiger charge is 2.06. The lowest BCUT2D eigenvalue weighted by molar-refractivity contribution is -0.121. The van der Waals surface area contributed by atoms with Gasteiger partial charge in [0.2, 0.25) is 5.91 Å². The standard InChI is InChI=1S/C14H12Cl2N2O2/c15-11-5-4-10(12(16)7-11)8-17-13(19)9-18-6-2-1-3-14(18)20/h1-7H,8-9H2,(H,17,19). The van der Waals surface area contributed by atoms with Crippen molar-refractivity contribution in [3.63, 3.8) is 0 Å². The number of nitrogens with one attached hydrogen (secondary N) is 1. The van der Waals surface area contributed by atoms with Crippen LogP contribution >= 0.6 is 23.2 Å². The molecule has 20 heavy (non-hydrogen) atoms. The Balaban J connectivity index is 1.96. The van der Waals surface area contributed by atoms with Gasteiger partial charge in [0, 0.05) is 28.9 Å². The van der Waals surface area contributed by atoms with Crippen molar-refractivity contribution in [1.82, 2.24) is 9.88 Å². The minimum Gasteiger partial charge on any atom is -0.350 e. The quantitative estimate of drug-likeness (QED) is 0.943. The van der Waals surface area contributed by atoms with E-state index in [1.54, 1.807) is 36.5 Å². The zero-order valence-corrected chi connectivity index (χ0v) is 12.0. The highest BCUT2D eigenvalue weighted by Crippen LogP contribution is 2.20. The molecule has 0 radical (unpaired) electrons. The fraction of sp³-hybridized carbons (Fsp3) is 0.143. The number of amides is 1. The number of benzene rings is 1. The number of halogens is 2. The number of aromatic nitrogens is 1. The van der Waals surface area contributed by atoms with E-state index in [4.69, 9.17) is 23.2 Å². The summed E-state index contributed by atoms with van der Waals surface area (Å²) in [5.41, 5.74) is 0.553. The van der Waals surface area contributed by atoms with Crippen LogP contribution in [-0.4, -0.2) is 10.5 Å². The summed E-state index contributed by atoms with van der Waals surface area (Å²) < 4.78 is 1.33. The number of hydrogen-bond acceptors (Lipinski definition) is 2. The van der Waals surface area contributed by atoms with Gasteiger partial charge in [-0.3, -0.25) is 9.59 Å². The van der Waals surface area contributed by atoms with E-state index in [1.165, 1.54) is 10.6 Å². The molecule has 0 saturated carbocycles. The predicted octanol–water partition coefficient (Wildman–Crippen LogP) is 2.47. The Bertz CT molecular complexity index is 683. The van der Waals surface area contributed by atoms with Gasteiger partial charge in [0.25, 0.3) is 5.56 Å². The molecule has 0 spiro atoms. The molecule has 1 aromatic carbocycles. The molecule has 0 aliphatic heterocycles. The van der Waals surface area contributed by atoms with Gasteiger partial charge in [0.15, 0.2) is 0 Å². The largest absolute Gasteiger partial charge is 0.350 e. The zero-order valence-electron chi connectivity index (χ0n) is 10.5. The van der Waals surface area contributed by atoms with Crippen LogP contribution < -0.4 is 10.9 Å². The summed E-state index contributed by atoms with van der Waals surface area (Å²) in [5.74, 6) is -0.260. The normalized spacial score (nSPS) is 10.3. The Kier molecular flexibility index (Phi) is 4.82. The summed E-state index contributed by atoms with van der Waals surface area (Å²) in [6, 6.07) is 9.81. The van der Waals surface area contributed by atoms with E-state index in [2.05, 4.69) is 5.32 Å². The van der Waals surface area contributed by atoms with Gasteiger partial charge in [-0.2, -0.15) is 0 Å². The summed E-state index contributed by atoms with van der Waals surface area (Å²) in [6.07, 6.45) is 1.57. The fourth-order valence-electron chi connectivity index (χ4n) is 1.66. The molecule has 2 rings (SSSR count). The van der Waals surface area contributed by atoms with Gasteiger partial charge in [0.05, 0.1) is 0 Å². The molecule has 1 heterocycles. The van der Waals surface area contributed by atoms with Crippen LogP contribution in [0, 0.1) is 0 Å². The van der Waals surface area contributed by atoms with Gasteiger partial charge >= 0.3 is 0 Å². The molecule has 1 aromatic heterocycles. The number of rotatable bonds is 4. The van der Waals surface area contributed by atoms with Gasteiger partial charge < -0.3 is 9.88 Å². The molecular formula is C14H12Cl2N2O2. The molecule has 0 saturated heterocycles. The van der Waals surface area contributed by atoms with Crippen LogP contribution in [-0.2, 0) is 17.9 Å². The van der Waals surface area contributed by atoms with Crippen molar-refractivity contribution in [2.24, 2.45) is 0 Å². The first-order valence-corrected chi connectivity index (χ1v) is 6.68. The van der Waals surface area contributed by atoms with Gasteiger partial charge in [-0.1, -0.05) is 35.3 Å². The van der Waals surface area contributed by atoms with E-state index in [1.807, 2.05) is 0 Å². The number of hydrogen-bond donors (Lipinski definition) is 1. The zero-order chi connectivity index (χ0) is 14.5. The number of nitrogens with zero attached hydrogens (tertiary/aromatic N) is 1. The fourth-order valence-corrected chi connectivity index (χ4v) is 2.14. The second-order valence-electron chi connectivity index (χ2n) is 4.18. The van der Waals surface area contributed by atoms with E-state index >= 15 is 0 Å². The molecule has 4 nitrogen and oxygen atoms in total. The van der Waals surface area contributed by atoms with E-state index in [-0.39, 0.29) is 24.6 Å². The van der Waals surface area contributed by atoms with Crippen molar-refractivity contribution in [2.45, 2.75) is 13.1 Å². The van der Waals surface area contributed by atoms with Gasteiger partial charge in [0.1, 0.15) is 6.54 Å². The second kappa shape index (κ2) is 6.59. The molecule has 104 valence electrons. The van der Waals surface area contributed by atoms with Gasteiger partial charge in [-0.15, -0.1) is 0 Å². The molecular weight excluding hydrogens is 299 g/mol. The van der Waals surface area contributed by atoms with E-state index < -0.39 is 0 Å². The minimum atomic E-state index is -0.260. The summed E-state index contributed by atoms with van der Waals surface area (Å²) in [4.78, 5) is 23.2. The van der Waals surface area contributed by atoms with Crippen LogP contribution in [0.2, 0.25) is 10.0 Å². The average molecular weight is 311 g/mol. The Morgan fingerprint density at radius 2 is 2.00 bits per heavy atom. The highest BCUT2D eigenvalue weighted by atomic mass is 35.5. The Hall–Kier alpha value is -1.78. The SMILES string of the molecule is O=C(Cn1ccccc1=O)NCc1ccc(Cl)cc1Cl. The molecule has 0 atom stereocenters. The first kappa shape index (κ1) is 14.6. The lowest BCUT2D eigenvalue weighted by Crippen LogP contribution is -2.31. The first-order valence-electron chi connectivity index (χ1n) is 5.92. The summed E-state index contributed by atoms with van der Waals surface area (Å²) >= 11 is 11.8. The predicted molar refractivity (Wildman–Crippen MR) is 79.0 cm³/mol. The second-order valence-corrected chi connectivity index (χ2v) is 5.02. The van der Waals surface area contributed by atoms with Gasteiger partial charge in [-0.05, 0) is 23.8 Å². The van der Waals surface area contributed by atoms with Crippen molar-refractivity contribution >= 4 is 29.1 Å². The summed E-state index contributed by atoms with van der Waals surface area (Å²) in [6.45, 7) is 0.265.